The third kappa shape index (κ3) is 5.37. The molecule has 2 rings (SSSR count). The van der Waals surface area contributed by atoms with Crippen molar-refractivity contribution in [2.24, 2.45) is 4.99 Å². The molecule has 8 heteroatoms. The van der Waals surface area contributed by atoms with E-state index in [-0.39, 0.29) is 17.9 Å². The molecule has 0 saturated heterocycles. The Bertz CT molecular complexity index is 718. The van der Waals surface area contributed by atoms with Gasteiger partial charge in [-0.3, -0.25) is 9.98 Å². The lowest BCUT2D eigenvalue weighted by molar-refractivity contribution is -0.138. The molecule has 0 aliphatic rings. The van der Waals surface area contributed by atoms with Gasteiger partial charge in [-0.2, -0.15) is 13.2 Å². The van der Waals surface area contributed by atoms with Gasteiger partial charge in [-0.05, 0) is 29.8 Å². The van der Waals surface area contributed by atoms with Gasteiger partial charge in [0.1, 0.15) is 5.75 Å². The Morgan fingerprint density at radius 1 is 1.16 bits per heavy atom. The minimum Gasteiger partial charge on any atom is -0.497 e. The van der Waals surface area contributed by atoms with Gasteiger partial charge in [-0.25, -0.2) is 0 Å². The zero-order valence-electron chi connectivity index (χ0n) is 13.9. The van der Waals surface area contributed by atoms with Gasteiger partial charge in [-0.15, -0.1) is 0 Å². The smallest absolute Gasteiger partial charge is 0.416 e. The molecule has 0 bridgehead atoms. The number of alkyl halides is 3. The third-order valence-corrected chi connectivity index (χ3v) is 3.46. The van der Waals surface area contributed by atoms with E-state index in [1.165, 1.54) is 19.2 Å². The van der Waals surface area contributed by atoms with Gasteiger partial charge >= 0.3 is 6.18 Å². The topological polar surface area (TPSA) is 58.5 Å². The first-order valence-corrected chi connectivity index (χ1v) is 7.52. The summed E-state index contributed by atoms with van der Waals surface area (Å²) >= 11 is 0. The fourth-order valence-electron chi connectivity index (χ4n) is 2.18. The van der Waals surface area contributed by atoms with E-state index in [0.29, 0.717) is 12.5 Å². The predicted octanol–water partition coefficient (Wildman–Crippen LogP) is 2.97. The van der Waals surface area contributed by atoms with Crippen molar-refractivity contribution in [1.82, 2.24) is 15.6 Å². The highest BCUT2D eigenvalue weighted by Crippen LogP contribution is 2.34. The van der Waals surface area contributed by atoms with Crippen LogP contribution in [0, 0.1) is 0 Å². The van der Waals surface area contributed by atoms with Crippen LogP contribution in [0.5, 0.6) is 5.75 Å². The highest BCUT2D eigenvalue weighted by atomic mass is 19.4. The van der Waals surface area contributed by atoms with E-state index in [2.05, 4.69) is 20.6 Å². The highest BCUT2D eigenvalue weighted by molar-refractivity contribution is 5.79. The molecule has 134 valence electrons. The van der Waals surface area contributed by atoms with Crippen LogP contribution in [0.4, 0.5) is 13.2 Å². The van der Waals surface area contributed by atoms with Crippen molar-refractivity contribution in [3.8, 4) is 5.75 Å². The molecule has 5 nitrogen and oxygen atoms in total. The van der Waals surface area contributed by atoms with Gasteiger partial charge in [0.05, 0.1) is 24.9 Å². The Morgan fingerprint density at radius 2 is 1.92 bits per heavy atom. The Balaban J connectivity index is 2.04. The number of hydrogen-bond donors (Lipinski definition) is 2. The summed E-state index contributed by atoms with van der Waals surface area (Å²) in [4.78, 5) is 8.17. The van der Waals surface area contributed by atoms with Gasteiger partial charge in [-0.1, -0.05) is 12.1 Å². The summed E-state index contributed by atoms with van der Waals surface area (Å²) in [6.45, 7) is 0.385. The molecule has 1 aromatic heterocycles. The minimum absolute atomic E-state index is 0.0271. The number of hydrogen-bond acceptors (Lipinski definition) is 3. The number of pyridine rings is 1. The van der Waals surface area contributed by atoms with E-state index in [4.69, 9.17) is 4.74 Å². The molecule has 1 heterocycles. The Labute approximate surface area is 144 Å². The SMILES string of the molecule is CN=C(NCc1ccccn1)NCc1ccc(OC)cc1C(F)(F)F. The van der Waals surface area contributed by atoms with Crippen LogP contribution in [0.15, 0.2) is 47.6 Å². The Kier molecular flexibility index (Phi) is 6.21. The van der Waals surface area contributed by atoms with E-state index in [0.717, 1.165) is 11.8 Å². The predicted molar refractivity (Wildman–Crippen MR) is 89.3 cm³/mol. The summed E-state index contributed by atoms with van der Waals surface area (Å²) in [7, 11) is 2.88. The van der Waals surface area contributed by atoms with Crippen LogP contribution < -0.4 is 15.4 Å². The fourth-order valence-corrected chi connectivity index (χ4v) is 2.18. The van der Waals surface area contributed by atoms with Crippen molar-refractivity contribution in [3.05, 3.63) is 59.4 Å². The molecule has 0 spiro atoms. The van der Waals surface area contributed by atoms with Crippen molar-refractivity contribution in [2.45, 2.75) is 19.3 Å². The number of aromatic nitrogens is 1. The number of rotatable bonds is 5. The van der Waals surface area contributed by atoms with Gasteiger partial charge in [0.25, 0.3) is 0 Å². The average molecular weight is 352 g/mol. The molecule has 0 unspecified atom stereocenters. The first-order valence-electron chi connectivity index (χ1n) is 7.52. The maximum Gasteiger partial charge on any atom is 0.416 e. The summed E-state index contributed by atoms with van der Waals surface area (Å²) in [5.41, 5.74) is 0.166. The zero-order valence-corrected chi connectivity index (χ0v) is 13.9. The van der Waals surface area contributed by atoms with E-state index in [9.17, 15) is 13.2 Å². The maximum absolute atomic E-state index is 13.2. The molecule has 0 aliphatic carbocycles. The van der Waals surface area contributed by atoms with Crippen molar-refractivity contribution >= 4 is 5.96 Å². The molecule has 1 aromatic carbocycles. The number of halogens is 3. The van der Waals surface area contributed by atoms with Crippen LogP contribution in [0.1, 0.15) is 16.8 Å². The van der Waals surface area contributed by atoms with Gasteiger partial charge in [0, 0.05) is 19.8 Å². The summed E-state index contributed by atoms with van der Waals surface area (Å²) < 4.78 is 44.5. The number of guanidine groups is 1. The quantitative estimate of drug-likeness (QED) is 0.642. The molecule has 0 atom stereocenters. The van der Waals surface area contributed by atoms with Crippen LogP contribution in [0.3, 0.4) is 0 Å². The second-order valence-corrected chi connectivity index (χ2v) is 5.12. The summed E-state index contributed by atoms with van der Waals surface area (Å²) in [5, 5.41) is 5.88. The normalized spacial score (nSPS) is 12.0. The van der Waals surface area contributed by atoms with Gasteiger partial charge in [0.2, 0.25) is 0 Å². The van der Waals surface area contributed by atoms with Crippen LogP contribution in [-0.2, 0) is 19.3 Å². The summed E-state index contributed by atoms with van der Waals surface area (Å²) in [6.07, 6.45) is -2.80. The van der Waals surface area contributed by atoms with E-state index >= 15 is 0 Å². The lowest BCUT2D eigenvalue weighted by Gasteiger charge is -2.16. The molecule has 0 saturated carbocycles. The number of aliphatic imine (C=N–C) groups is 1. The fraction of sp³-hybridized carbons (Fsp3) is 0.294. The van der Waals surface area contributed by atoms with Crippen LogP contribution in [-0.4, -0.2) is 25.1 Å². The van der Waals surface area contributed by atoms with E-state index in [1.54, 1.807) is 19.3 Å². The molecule has 25 heavy (non-hydrogen) atoms. The molecule has 0 fully saturated rings. The monoisotopic (exact) mass is 352 g/mol. The minimum atomic E-state index is -4.46. The molecule has 0 amide bonds. The number of methoxy groups -OCH3 is 1. The maximum atomic E-state index is 13.2. The molecule has 0 aliphatic heterocycles. The highest BCUT2D eigenvalue weighted by Gasteiger charge is 2.33. The third-order valence-electron chi connectivity index (χ3n) is 3.46. The summed E-state index contributed by atoms with van der Waals surface area (Å²) in [6, 6.07) is 9.37. The second kappa shape index (κ2) is 8.36. The molecule has 2 N–H and O–H groups in total. The number of ether oxygens (including phenoxy) is 1. The Hall–Kier alpha value is -2.77. The summed E-state index contributed by atoms with van der Waals surface area (Å²) in [5.74, 6) is 0.545. The second-order valence-electron chi connectivity index (χ2n) is 5.12. The van der Waals surface area contributed by atoms with Crippen LogP contribution >= 0.6 is 0 Å². The number of nitrogens with one attached hydrogen (secondary N) is 2. The van der Waals surface area contributed by atoms with E-state index in [1.807, 2.05) is 12.1 Å². The zero-order chi connectivity index (χ0) is 18.3. The van der Waals surface area contributed by atoms with Crippen molar-refractivity contribution in [2.75, 3.05) is 14.2 Å². The average Bonchev–Trinajstić information content (AvgIpc) is 2.62. The first-order chi connectivity index (χ1) is 11.9. The van der Waals surface area contributed by atoms with Gasteiger partial charge < -0.3 is 15.4 Å². The molecule has 2 aromatic rings. The lowest BCUT2D eigenvalue weighted by atomic mass is 10.1. The van der Waals surface area contributed by atoms with Gasteiger partial charge in [0.15, 0.2) is 5.96 Å². The standard InChI is InChI=1S/C17H19F3N4O/c1-21-16(24-11-13-5-3-4-8-22-13)23-10-12-6-7-14(25-2)9-15(12)17(18,19)20/h3-9H,10-11H2,1-2H3,(H2,21,23,24). The first kappa shape index (κ1) is 18.6. The molecular formula is C17H19F3N4O. The Morgan fingerprint density at radius 3 is 2.52 bits per heavy atom. The van der Waals surface area contributed by atoms with Crippen molar-refractivity contribution in [3.63, 3.8) is 0 Å². The van der Waals surface area contributed by atoms with Crippen LogP contribution in [0.2, 0.25) is 0 Å². The molecule has 0 radical (unpaired) electrons. The number of nitrogens with zero attached hydrogens (tertiary/aromatic N) is 2. The van der Waals surface area contributed by atoms with E-state index < -0.39 is 11.7 Å². The van der Waals surface area contributed by atoms with Crippen molar-refractivity contribution in [1.29, 1.82) is 0 Å². The molecular weight excluding hydrogens is 333 g/mol. The van der Waals surface area contributed by atoms with Crippen LogP contribution in [0.25, 0.3) is 0 Å². The number of benzene rings is 1. The van der Waals surface area contributed by atoms with Crippen molar-refractivity contribution < 1.29 is 17.9 Å². The largest absolute Gasteiger partial charge is 0.497 e. The lowest BCUT2D eigenvalue weighted by Crippen LogP contribution is -2.36.